The zero-order valence-corrected chi connectivity index (χ0v) is 12.8. The van der Waals surface area contributed by atoms with Gasteiger partial charge in [0, 0.05) is 11.4 Å². The van der Waals surface area contributed by atoms with Crippen LogP contribution in [0.3, 0.4) is 0 Å². The van der Waals surface area contributed by atoms with Gasteiger partial charge in [0.15, 0.2) is 0 Å². The third-order valence-corrected chi connectivity index (χ3v) is 5.16. The number of aryl methyl sites for hydroxylation is 1. The average Bonchev–Trinajstić information content (AvgIpc) is 2.92. The van der Waals surface area contributed by atoms with E-state index in [9.17, 15) is 0 Å². The fourth-order valence-electron chi connectivity index (χ4n) is 2.79. The molecule has 1 aliphatic heterocycles. The van der Waals surface area contributed by atoms with E-state index in [2.05, 4.69) is 33.6 Å². The number of piperidine rings is 1. The molecule has 0 radical (unpaired) electrons. The van der Waals surface area contributed by atoms with Crippen molar-refractivity contribution in [1.82, 2.24) is 15.3 Å². The molecule has 0 bridgehead atoms. The number of nitrogens with one attached hydrogen (secondary N) is 2. The van der Waals surface area contributed by atoms with E-state index < -0.39 is 0 Å². The molecule has 2 aromatic rings. The molecular formula is C15H22N4S. The molecule has 0 aromatic carbocycles. The lowest BCUT2D eigenvalue weighted by atomic mass is 9.96. The highest BCUT2D eigenvalue weighted by atomic mass is 32.1. The molecular weight excluding hydrogens is 268 g/mol. The molecule has 2 N–H and O–H groups in total. The Morgan fingerprint density at radius 2 is 2.40 bits per heavy atom. The number of anilines is 1. The quantitative estimate of drug-likeness (QED) is 0.888. The summed E-state index contributed by atoms with van der Waals surface area (Å²) in [5.41, 5.74) is 0. The Bertz CT molecular complexity index is 560. The standard InChI is InChI=1S/C15H22N4S/c1-2-12-8-13-14(18-10-19-15(13)20-12)17-7-5-11-4-3-6-16-9-11/h8,10-11,16H,2-7,9H2,1H3,(H,17,18,19). The second-order valence-electron chi connectivity index (χ2n) is 5.44. The third-order valence-electron chi connectivity index (χ3n) is 3.97. The van der Waals surface area contributed by atoms with Gasteiger partial charge in [0.05, 0.1) is 5.39 Å². The molecule has 2 aromatic heterocycles. The molecule has 0 spiro atoms. The zero-order chi connectivity index (χ0) is 13.8. The van der Waals surface area contributed by atoms with Gasteiger partial charge in [-0.15, -0.1) is 11.3 Å². The minimum absolute atomic E-state index is 0.808. The molecule has 20 heavy (non-hydrogen) atoms. The van der Waals surface area contributed by atoms with Gasteiger partial charge in [-0.1, -0.05) is 6.92 Å². The van der Waals surface area contributed by atoms with Crippen LogP contribution in [0.1, 0.15) is 31.1 Å². The molecule has 0 amide bonds. The van der Waals surface area contributed by atoms with E-state index in [1.165, 1.54) is 42.6 Å². The van der Waals surface area contributed by atoms with Crippen molar-refractivity contribution >= 4 is 27.4 Å². The monoisotopic (exact) mass is 290 g/mol. The second kappa shape index (κ2) is 6.50. The van der Waals surface area contributed by atoms with Gasteiger partial charge in [-0.25, -0.2) is 9.97 Å². The molecule has 5 heteroatoms. The maximum Gasteiger partial charge on any atom is 0.138 e. The van der Waals surface area contributed by atoms with Crippen molar-refractivity contribution in [2.24, 2.45) is 5.92 Å². The van der Waals surface area contributed by atoms with Crippen LogP contribution in [0.4, 0.5) is 5.82 Å². The van der Waals surface area contributed by atoms with Gasteiger partial charge in [-0.2, -0.15) is 0 Å². The van der Waals surface area contributed by atoms with E-state index >= 15 is 0 Å². The minimum Gasteiger partial charge on any atom is -0.369 e. The summed E-state index contributed by atoms with van der Waals surface area (Å²) in [6.45, 7) is 5.53. The Kier molecular flexibility index (Phi) is 4.47. The number of hydrogen-bond donors (Lipinski definition) is 2. The van der Waals surface area contributed by atoms with Crippen LogP contribution < -0.4 is 10.6 Å². The fraction of sp³-hybridized carbons (Fsp3) is 0.600. The van der Waals surface area contributed by atoms with Crippen molar-refractivity contribution in [1.29, 1.82) is 0 Å². The summed E-state index contributed by atoms with van der Waals surface area (Å²) in [6.07, 6.45) is 6.61. The van der Waals surface area contributed by atoms with Gasteiger partial charge in [-0.05, 0) is 50.8 Å². The predicted molar refractivity (Wildman–Crippen MR) is 85.5 cm³/mol. The van der Waals surface area contributed by atoms with E-state index in [0.29, 0.717) is 0 Å². The fourth-order valence-corrected chi connectivity index (χ4v) is 3.72. The van der Waals surface area contributed by atoms with Crippen molar-refractivity contribution in [3.05, 3.63) is 17.3 Å². The van der Waals surface area contributed by atoms with Gasteiger partial charge in [0.25, 0.3) is 0 Å². The summed E-state index contributed by atoms with van der Waals surface area (Å²) in [5, 5.41) is 8.15. The Morgan fingerprint density at radius 3 is 3.20 bits per heavy atom. The lowest BCUT2D eigenvalue weighted by molar-refractivity contribution is 0.364. The maximum absolute atomic E-state index is 4.41. The van der Waals surface area contributed by atoms with Crippen LogP contribution in [0.2, 0.25) is 0 Å². The Hall–Kier alpha value is -1.20. The van der Waals surface area contributed by atoms with E-state index in [1.807, 2.05) is 0 Å². The first-order valence-electron chi connectivity index (χ1n) is 7.55. The van der Waals surface area contributed by atoms with Gasteiger partial charge in [-0.3, -0.25) is 0 Å². The molecule has 0 aliphatic carbocycles. The van der Waals surface area contributed by atoms with Crippen molar-refractivity contribution in [3.8, 4) is 0 Å². The van der Waals surface area contributed by atoms with E-state index in [-0.39, 0.29) is 0 Å². The van der Waals surface area contributed by atoms with Crippen LogP contribution in [0.25, 0.3) is 10.2 Å². The van der Waals surface area contributed by atoms with Crippen molar-refractivity contribution in [2.45, 2.75) is 32.6 Å². The van der Waals surface area contributed by atoms with Crippen molar-refractivity contribution < 1.29 is 0 Å². The normalized spacial score (nSPS) is 19.4. The van der Waals surface area contributed by atoms with Gasteiger partial charge in [0.1, 0.15) is 17.0 Å². The van der Waals surface area contributed by atoms with E-state index in [4.69, 9.17) is 0 Å². The largest absolute Gasteiger partial charge is 0.369 e. The van der Waals surface area contributed by atoms with Crippen LogP contribution in [0.15, 0.2) is 12.4 Å². The number of rotatable bonds is 5. The lowest BCUT2D eigenvalue weighted by Gasteiger charge is -2.22. The topological polar surface area (TPSA) is 49.8 Å². The summed E-state index contributed by atoms with van der Waals surface area (Å²) in [7, 11) is 0. The lowest BCUT2D eigenvalue weighted by Crippen LogP contribution is -2.30. The highest BCUT2D eigenvalue weighted by Crippen LogP contribution is 2.28. The highest BCUT2D eigenvalue weighted by molar-refractivity contribution is 7.18. The van der Waals surface area contributed by atoms with Crippen molar-refractivity contribution in [2.75, 3.05) is 25.0 Å². The molecule has 108 valence electrons. The van der Waals surface area contributed by atoms with Crippen LogP contribution in [-0.2, 0) is 6.42 Å². The summed E-state index contributed by atoms with van der Waals surface area (Å²) >= 11 is 1.77. The number of nitrogens with zero attached hydrogens (tertiary/aromatic N) is 2. The molecule has 0 saturated carbocycles. The first-order valence-corrected chi connectivity index (χ1v) is 8.36. The third kappa shape index (κ3) is 3.10. The molecule has 1 unspecified atom stereocenters. The summed E-state index contributed by atoms with van der Waals surface area (Å²) in [6, 6.07) is 2.23. The number of thiophene rings is 1. The molecule has 3 rings (SSSR count). The Labute approximate surface area is 124 Å². The summed E-state index contributed by atoms with van der Waals surface area (Å²) in [4.78, 5) is 11.2. The Balaban J connectivity index is 1.63. The Morgan fingerprint density at radius 1 is 1.45 bits per heavy atom. The minimum atomic E-state index is 0.808. The summed E-state index contributed by atoms with van der Waals surface area (Å²) in [5.74, 6) is 1.80. The first-order chi connectivity index (χ1) is 9.86. The molecule has 3 heterocycles. The van der Waals surface area contributed by atoms with Crippen molar-refractivity contribution in [3.63, 3.8) is 0 Å². The molecule has 1 aliphatic rings. The smallest absolute Gasteiger partial charge is 0.138 e. The second-order valence-corrected chi connectivity index (χ2v) is 6.55. The summed E-state index contributed by atoms with van der Waals surface area (Å²) < 4.78 is 0. The van der Waals surface area contributed by atoms with Gasteiger partial charge in [0.2, 0.25) is 0 Å². The van der Waals surface area contributed by atoms with Gasteiger partial charge < -0.3 is 10.6 Å². The van der Waals surface area contributed by atoms with Crippen LogP contribution >= 0.6 is 11.3 Å². The number of hydrogen-bond acceptors (Lipinski definition) is 5. The molecule has 1 fully saturated rings. The zero-order valence-electron chi connectivity index (χ0n) is 12.0. The van der Waals surface area contributed by atoms with E-state index in [1.54, 1.807) is 17.7 Å². The van der Waals surface area contributed by atoms with Crippen LogP contribution in [0.5, 0.6) is 0 Å². The molecule has 1 atom stereocenters. The molecule has 4 nitrogen and oxygen atoms in total. The molecule has 1 saturated heterocycles. The SMILES string of the molecule is CCc1cc2c(NCCC3CCCNC3)ncnc2s1. The number of aromatic nitrogens is 2. The van der Waals surface area contributed by atoms with Crippen LogP contribution in [0, 0.1) is 5.92 Å². The van der Waals surface area contributed by atoms with Gasteiger partial charge >= 0.3 is 0 Å². The van der Waals surface area contributed by atoms with Crippen LogP contribution in [-0.4, -0.2) is 29.6 Å². The van der Waals surface area contributed by atoms with E-state index in [0.717, 1.165) is 29.5 Å². The number of fused-ring (bicyclic) bond motifs is 1. The predicted octanol–water partition coefficient (Wildman–Crippen LogP) is 3.06. The highest BCUT2D eigenvalue weighted by Gasteiger charge is 2.13. The first kappa shape index (κ1) is 13.8. The average molecular weight is 290 g/mol. The maximum atomic E-state index is 4.41.